The van der Waals surface area contributed by atoms with Gasteiger partial charge in [-0.15, -0.1) is 0 Å². The summed E-state index contributed by atoms with van der Waals surface area (Å²) in [7, 11) is -2.16. The molecule has 38 heavy (non-hydrogen) atoms. The quantitative estimate of drug-likeness (QED) is 0.176. The Morgan fingerprint density at radius 3 is 2.76 bits per heavy atom. The smallest absolute Gasteiger partial charge is 0.356 e. The molecule has 0 saturated heterocycles. The Morgan fingerprint density at radius 1 is 1.24 bits per heavy atom. The molecule has 1 aromatic carbocycles. The molecule has 0 aliphatic rings. The number of aromatic nitrogens is 4. The molecule has 0 spiro atoms. The van der Waals surface area contributed by atoms with E-state index in [-0.39, 0.29) is 50.3 Å². The Kier molecular flexibility index (Phi) is 11.6. The summed E-state index contributed by atoms with van der Waals surface area (Å²) in [4.78, 5) is 22.6. The second-order valence-corrected chi connectivity index (χ2v) is 10.9. The van der Waals surface area contributed by atoms with E-state index in [2.05, 4.69) is 21.9 Å². The molecular weight excluding hydrogens is 537 g/mol. The Hall–Kier alpha value is -2.47. The number of nitrogens with one attached hydrogen (secondary N) is 1. The number of nitrogens with two attached hydrogens (primary N) is 1. The largest absolute Gasteiger partial charge is 0.495 e. The van der Waals surface area contributed by atoms with Gasteiger partial charge in [0.2, 0.25) is 5.95 Å². The average molecular weight is 572 g/mol. The summed E-state index contributed by atoms with van der Waals surface area (Å²) in [6, 6.07) is 5.15. The third-order valence-electron chi connectivity index (χ3n) is 5.63. The molecule has 210 valence electrons. The SMILES string of the molecule is CCCCOC(CC)COP(=O)(COCCn1cnc2c(=O)[nH]c(N)nc21)OCc1ccc(OC)c(Cl)c1. The summed E-state index contributed by atoms with van der Waals surface area (Å²) in [5, 5.41) is 0.414. The Bertz CT molecular complexity index is 1280. The molecule has 3 N–H and O–H groups in total. The van der Waals surface area contributed by atoms with Crippen LogP contribution in [0.2, 0.25) is 5.02 Å². The minimum Gasteiger partial charge on any atom is -0.495 e. The molecule has 2 atom stereocenters. The second kappa shape index (κ2) is 14.6. The van der Waals surface area contributed by atoms with Gasteiger partial charge in [-0.3, -0.25) is 14.3 Å². The molecule has 0 fully saturated rings. The molecule has 0 saturated carbocycles. The van der Waals surface area contributed by atoms with Crippen LogP contribution in [0, 0.1) is 0 Å². The number of methoxy groups -OCH3 is 1. The van der Waals surface area contributed by atoms with E-state index in [4.69, 9.17) is 40.6 Å². The van der Waals surface area contributed by atoms with E-state index in [0.717, 1.165) is 12.8 Å². The number of benzene rings is 1. The van der Waals surface area contributed by atoms with Crippen LogP contribution in [-0.2, 0) is 36.2 Å². The van der Waals surface area contributed by atoms with Gasteiger partial charge in [-0.1, -0.05) is 37.9 Å². The van der Waals surface area contributed by atoms with Crippen LogP contribution < -0.4 is 16.0 Å². The Morgan fingerprint density at radius 2 is 2.05 bits per heavy atom. The number of fused-ring (bicyclic) bond motifs is 1. The van der Waals surface area contributed by atoms with Crippen LogP contribution in [-0.4, -0.2) is 58.9 Å². The van der Waals surface area contributed by atoms with Gasteiger partial charge in [-0.05, 0) is 30.5 Å². The van der Waals surface area contributed by atoms with Crippen LogP contribution in [0.25, 0.3) is 11.2 Å². The Balaban J connectivity index is 1.63. The van der Waals surface area contributed by atoms with Crippen molar-refractivity contribution in [3.05, 3.63) is 45.5 Å². The lowest BCUT2D eigenvalue weighted by molar-refractivity contribution is 0.00859. The maximum atomic E-state index is 13.6. The van der Waals surface area contributed by atoms with Crippen molar-refractivity contribution < 1.29 is 27.8 Å². The van der Waals surface area contributed by atoms with Crippen molar-refractivity contribution in [2.75, 3.05) is 39.0 Å². The number of imidazole rings is 1. The van der Waals surface area contributed by atoms with Crippen LogP contribution >= 0.6 is 19.2 Å². The van der Waals surface area contributed by atoms with Crippen LogP contribution in [0.1, 0.15) is 38.7 Å². The molecule has 0 bridgehead atoms. The minimum absolute atomic E-state index is 0.00400. The van der Waals surface area contributed by atoms with Crippen molar-refractivity contribution in [2.45, 2.75) is 52.4 Å². The fraction of sp³-hybridized carbons (Fsp3) is 0.542. The fourth-order valence-electron chi connectivity index (χ4n) is 3.43. The number of nitrogens with zero attached hydrogens (tertiary/aromatic N) is 3. The van der Waals surface area contributed by atoms with Crippen molar-refractivity contribution in [2.24, 2.45) is 0 Å². The van der Waals surface area contributed by atoms with Gasteiger partial charge in [0.1, 0.15) is 12.1 Å². The van der Waals surface area contributed by atoms with Gasteiger partial charge in [-0.2, -0.15) is 4.98 Å². The summed E-state index contributed by atoms with van der Waals surface area (Å²) < 4.78 is 43.5. The molecule has 2 unspecified atom stereocenters. The van der Waals surface area contributed by atoms with Gasteiger partial charge in [0.05, 0.1) is 44.4 Å². The van der Waals surface area contributed by atoms with Gasteiger partial charge in [0.15, 0.2) is 11.2 Å². The van der Waals surface area contributed by atoms with Crippen LogP contribution in [0.5, 0.6) is 5.75 Å². The molecule has 12 nitrogen and oxygen atoms in total. The molecule has 0 aliphatic carbocycles. The molecule has 3 aromatic rings. The summed E-state index contributed by atoms with van der Waals surface area (Å²) in [5.41, 5.74) is 6.42. The summed E-state index contributed by atoms with van der Waals surface area (Å²) in [6.45, 7) is 5.18. The number of rotatable bonds is 17. The number of hydrogen-bond donors (Lipinski definition) is 2. The third kappa shape index (κ3) is 8.52. The van der Waals surface area contributed by atoms with E-state index in [9.17, 15) is 9.36 Å². The topological polar surface area (TPSA) is 153 Å². The van der Waals surface area contributed by atoms with Crippen molar-refractivity contribution >= 4 is 36.3 Å². The van der Waals surface area contributed by atoms with E-state index >= 15 is 0 Å². The van der Waals surface area contributed by atoms with Gasteiger partial charge in [0, 0.05) is 13.2 Å². The molecule has 2 heterocycles. The highest BCUT2D eigenvalue weighted by Gasteiger charge is 2.27. The van der Waals surface area contributed by atoms with E-state index < -0.39 is 13.2 Å². The van der Waals surface area contributed by atoms with E-state index in [1.54, 1.807) is 22.8 Å². The number of halogens is 1. The van der Waals surface area contributed by atoms with Gasteiger partial charge in [0.25, 0.3) is 5.56 Å². The number of H-pyrrole nitrogens is 1. The highest BCUT2D eigenvalue weighted by molar-refractivity contribution is 7.53. The number of nitrogen functional groups attached to an aromatic ring is 1. The standard InChI is InChI=1S/C24H35ClN5O7P/c1-4-6-10-35-18(5-2)14-37-38(32,36-13-17-7-8-20(33-3)19(25)12-17)16-34-11-9-30-15-27-21-22(30)28-24(26)29-23(21)31/h7-8,12,15,18H,4-6,9-11,13-14,16H2,1-3H3,(H3,26,28,29,31). The first-order valence-electron chi connectivity index (χ1n) is 12.4. The predicted molar refractivity (Wildman–Crippen MR) is 145 cm³/mol. The minimum atomic E-state index is -3.69. The van der Waals surface area contributed by atoms with Gasteiger partial charge >= 0.3 is 7.60 Å². The molecular formula is C24H35ClN5O7P. The van der Waals surface area contributed by atoms with Crippen molar-refractivity contribution in [1.82, 2.24) is 19.5 Å². The molecule has 2 aromatic heterocycles. The van der Waals surface area contributed by atoms with Gasteiger partial charge in [-0.25, -0.2) is 4.98 Å². The molecule has 14 heteroatoms. The van der Waals surface area contributed by atoms with Crippen LogP contribution in [0.3, 0.4) is 0 Å². The second-order valence-electron chi connectivity index (χ2n) is 8.50. The van der Waals surface area contributed by atoms with E-state index in [1.165, 1.54) is 13.4 Å². The zero-order valence-electron chi connectivity index (χ0n) is 21.9. The van der Waals surface area contributed by atoms with E-state index in [1.807, 2.05) is 6.92 Å². The highest BCUT2D eigenvalue weighted by Crippen LogP contribution is 2.49. The summed E-state index contributed by atoms with van der Waals surface area (Å²) >= 11 is 6.21. The van der Waals surface area contributed by atoms with Crippen molar-refractivity contribution in [1.29, 1.82) is 0 Å². The first-order chi connectivity index (χ1) is 18.3. The molecule has 0 amide bonds. The average Bonchev–Trinajstić information content (AvgIpc) is 3.30. The predicted octanol–water partition coefficient (Wildman–Crippen LogP) is 4.36. The number of hydrogen-bond acceptors (Lipinski definition) is 10. The lowest BCUT2D eigenvalue weighted by Crippen LogP contribution is -2.20. The third-order valence-corrected chi connectivity index (χ3v) is 7.49. The molecule has 0 aliphatic heterocycles. The summed E-state index contributed by atoms with van der Waals surface area (Å²) in [6.07, 6.45) is 3.60. The zero-order chi connectivity index (χ0) is 27.5. The highest BCUT2D eigenvalue weighted by atomic mass is 35.5. The van der Waals surface area contributed by atoms with Crippen molar-refractivity contribution in [3.8, 4) is 5.75 Å². The normalized spacial score (nSPS) is 14.0. The van der Waals surface area contributed by atoms with E-state index in [0.29, 0.717) is 35.0 Å². The van der Waals surface area contributed by atoms with Crippen LogP contribution in [0.15, 0.2) is 29.3 Å². The zero-order valence-corrected chi connectivity index (χ0v) is 23.5. The maximum Gasteiger partial charge on any atom is 0.356 e. The lowest BCUT2D eigenvalue weighted by Gasteiger charge is -2.22. The molecule has 0 radical (unpaired) electrons. The Labute approximate surface area is 226 Å². The molecule has 3 rings (SSSR count). The number of ether oxygens (including phenoxy) is 3. The van der Waals surface area contributed by atoms with Crippen LogP contribution in [0.4, 0.5) is 5.95 Å². The number of unbranched alkanes of at least 4 members (excludes halogenated alkanes) is 1. The number of aromatic amines is 1. The first-order valence-corrected chi connectivity index (χ1v) is 14.5. The monoisotopic (exact) mass is 571 g/mol. The maximum absolute atomic E-state index is 13.6. The van der Waals surface area contributed by atoms with Crippen molar-refractivity contribution in [3.63, 3.8) is 0 Å². The lowest BCUT2D eigenvalue weighted by atomic mass is 10.2. The first kappa shape index (κ1) is 30.1. The summed E-state index contributed by atoms with van der Waals surface area (Å²) in [5.74, 6) is 0.514. The number of anilines is 1. The fourth-order valence-corrected chi connectivity index (χ4v) is 5.03. The van der Waals surface area contributed by atoms with Gasteiger partial charge < -0.3 is 33.6 Å².